The maximum atomic E-state index is 11.4. The molecule has 0 saturated heterocycles. The molecule has 1 aromatic rings. The molecule has 4 N–H and O–H groups in total. The number of hydrogen-bond acceptors (Lipinski definition) is 6. The molecule has 0 spiro atoms. The Morgan fingerprint density at radius 1 is 1.56 bits per heavy atom. The molecule has 8 nitrogen and oxygen atoms in total. The van der Waals surface area contributed by atoms with E-state index < -0.39 is 4.92 Å². The smallest absolute Gasteiger partial charge is 0.311 e. The molecule has 1 aliphatic rings. The van der Waals surface area contributed by atoms with Crippen molar-refractivity contribution in [2.75, 3.05) is 17.6 Å². The number of hydrogen-bond donors (Lipinski definition) is 3. The van der Waals surface area contributed by atoms with Gasteiger partial charge in [0.05, 0.1) is 11.5 Å². The van der Waals surface area contributed by atoms with Crippen LogP contribution in [-0.2, 0) is 4.79 Å². The number of nitro groups is 1. The van der Waals surface area contributed by atoms with Crippen molar-refractivity contribution in [2.45, 2.75) is 18.9 Å². The quantitative estimate of drug-likeness (QED) is 0.509. The van der Waals surface area contributed by atoms with Crippen molar-refractivity contribution in [1.29, 1.82) is 0 Å². The van der Waals surface area contributed by atoms with E-state index in [0.29, 0.717) is 0 Å². The Morgan fingerprint density at radius 2 is 2.28 bits per heavy atom. The Bertz CT molecular complexity index is 486. The summed E-state index contributed by atoms with van der Waals surface area (Å²) < 4.78 is 0. The van der Waals surface area contributed by atoms with Crippen LogP contribution in [0.2, 0.25) is 0 Å². The largest absolute Gasteiger partial charge is 0.384 e. The van der Waals surface area contributed by atoms with E-state index in [4.69, 9.17) is 5.73 Å². The van der Waals surface area contributed by atoms with E-state index >= 15 is 0 Å². The minimum Gasteiger partial charge on any atom is -0.384 e. The van der Waals surface area contributed by atoms with Crippen LogP contribution >= 0.6 is 0 Å². The van der Waals surface area contributed by atoms with E-state index in [1.165, 1.54) is 12.1 Å². The lowest BCUT2D eigenvalue weighted by Crippen LogP contribution is -2.31. The van der Waals surface area contributed by atoms with Crippen LogP contribution in [-0.4, -0.2) is 28.4 Å². The van der Waals surface area contributed by atoms with Gasteiger partial charge in [0.2, 0.25) is 11.7 Å². The van der Waals surface area contributed by atoms with Crippen LogP contribution in [0, 0.1) is 10.1 Å². The molecule has 1 aromatic heterocycles. The first-order chi connectivity index (χ1) is 8.56. The lowest BCUT2D eigenvalue weighted by atomic mass is 10.3. The Morgan fingerprint density at radius 3 is 2.89 bits per heavy atom. The summed E-state index contributed by atoms with van der Waals surface area (Å²) in [7, 11) is 0. The van der Waals surface area contributed by atoms with Crippen molar-refractivity contribution in [1.82, 2.24) is 10.3 Å². The zero-order valence-corrected chi connectivity index (χ0v) is 9.55. The molecule has 1 saturated carbocycles. The Labute approximate surface area is 103 Å². The molecule has 1 fully saturated rings. The highest BCUT2D eigenvalue weighted by atomic mass is 16.6. The molecule has 0 atom stereocenters. The number of nitrogens with zero attached hydrogens (tertiary/aromatic N) is 2. The molecule has 2 rings (SSSR count). The lowest BCUT2D eigenvalue weighted by Gasteiger charge is -2.07. The van der Waals surface area contributed by atoms with Crippen LogP contribution in [0.4, 0.5) is 17.3 Å². The van der Waals surface area contributed by atoms with Crippen LogP contribution in [0.25, 0.3) is 0 Å². The van der Waals surface area contributed by atoms with E-state index in [1.54, 1.807) is 0 Å². The fourth-order valence-corrected chi connectivity index (χ4v) is 1.41. The number of nitrogens with one attached hydrogen (secondary N) is 2. The number of carbonyl (C=O) groups is 1. The summed E-state index contributed by atoms with van der Waals surface area (Å²) in [5, 5.41) is 16.1. The average molecular weight is 251 g/mol. The zero-order valence-electron chi connectivity index (χ0n) is 9.55. The third-order valence-electron chi connectivity index (χ3n) is 2.45. The van der Waals surface area contributed by atoms with Crippen LogP contribution < -0.4 is 16.4 Å². The van der Waals surface area contributed by atoms with Gasteiger partial charge in [-0.05, 0) is 18.9 Å². The first-order valence-corrected chi connectivity index (χ1v) is 5.50. The number of anilines is 2. The Balaban J connectivity index is 2.00. The molecular formula is C10H13N5O3. The van der Waals surface area contributed by atoms with E-state index in [2.05, 4.69) is 15.6 Å². The van der Waals surface area contributed by atoms with E-state index in [-0.39, 0.29) is 35.8 Å². The summed E-state index contributed by atoms with van der Waals surface area (Å²) >= 11 is 0. The van der Waals surface area contributed by atoms with E-state index in [9.17, 15) is 14.9 Å². The van der Waals surface area contributed by atoms with Crippen LogP contribution in [0.3, 0.4) is 0 Å². The van der Waals surface area contributed by atoms with Crippen LogP contribution in [0.5, 0.6) is 0 Å². The number of nitrogen functional groups attached to an aromatic ring is 1. The predicted octanol–water partition coefficient (Wildman–Crippen LogP) is 0.262. The molecule has 0 aliphatic heterocycles. The standard InChI is InChI=1S/C10H13N5O3/c11-8-4-3-7(15(17)18)10(14-8)12-5-9(16)13-6-1-2-6/h3-4,6H,1-2,5H2,(H,13,16)(H3,11,12,14). The van der Waals surface area contributed by atoms with Gasteiger partial charge in [0.1, 0.15) is 5.82 Å². The SMILES string of the molecule is Nc1ccc([N+](=O)[O-])c(NCC(=O)NC2CC2)n1. The molecule has 1 amide bonds. The fraction of sp³-hybridized carbons (Fsp3) is 0.400. The van der Waals surface area contributed by atoms with Gasteiger partial charge < -0.3 is 16.4 Å². The second-order valence-electron chi connectivity index (χ2n) is 4.06. The summed E-state index contributed by atoms with van der Waals surface area (Å²) in [5.41, 5.74) is 5.25. The minimum absolute atomic E-state index is 0.00551. The third-order valence-corrected chi connectivity index (χ3v) is 2.45. The summed E-state index contributed by atoms with van der Waals surface area (Å²) in [5.74, 6) is -0.0485. The van der Waals surface area contributed by atoms with Crippen molar-refractivity contribution in [3.63, 3.8) is 0 Å². The predicted molar refractivity (Wildman–Crippen MR) is 65.0 cm³/mol. The van der Waals surface area contributed by atoms with E-state index in [0.717, 1.165) is 12.8 Å². The molecule has 1 aliphatic carbocycles. The summed E-state index contributed by atoms with van der Waals surface area (Å²) in [4.78, 5) is 25.4. The fourth-order valence-electron chi connectivity index (χ4n) is 1.41. The molecule has 0 unspecified atom stereocenters. The number of carbonyl (C=O) groups excluding carboxylic acids is 1. The number of pyridine rings is 1. The molecule has 0 radical (unpaired) electrons. The zero-order chi connectivity index (χ0) is 13.1. The first kappa shape index (κ1) is 12.1. The molecule has 96 valence electrons. The number of amides is 1. The van der Waals surface area contributed by atoms with Crippen molar-refractivity contribution in [3.8, 4) is 0 Å². The molecule has 8 heteroatoms. The number of rotatable bonds is 5. The van der Waals surface area contributed by atoms with Crippen molar-refractivity contribution >= 4 is 23.2 Å². The monoisotopic (exact) mass is 251 g/mol. The lowest BCUT2D eigenvalue weighted by molar-refractivity contribution is -0.384. The van der Waals surface area contributed by atoms with Crippen LogP contribution in [0.1, 0.15) is 12.8 Å². The summed E-state index contributed by atoms with van der Waals surface area (Å²) in [6.45, 7) is -0.0617. The van der Waals surface area contributed by atoms with E-state index in [1.807, 2.05) is 0 Å². The number of nitrogens with two attached hydrogens (primary N) is 1. The summed E-state index contributed by atoms with van der Waals surface area (Å²) in [6.07, 6.45) is 1.98. The van der Waals surface area contributed by atoms with Gasteiger partial charge in [-0.15, -0.1) is 0 Å². The minimum atomic E-state index is -0.576. The molecule has 0 aromatic carbocycles. The maximum absolute atomic E-state index is 11.4. The van der Waals surface area contributed by atoms with Crippen molar-refractivity contribution < 1.29 is 9.72 Å². The normalized spacial score (nSPS) is 14.0. The van der Waals surface area contributed by atoms with Gasteiger partial charge in [0.25, 0.3) is 0 Å². The van der Waals surface area contributed by atoms with Gasteiger partial charge in [0, 0.05) is 12.1 Å². The van der Waals surface area contributed by atoms with Crippen LogP contribution in [0.15, 0.2) is 12.1 Å². The van der Waals surface area contributed by atoms with Gasteiger partial charge in [-0.25, -0.2) is 4.98 Å². The molecule has 0 bridgehead atoms. The van der Waals surface area contributed by atoms with Gasteiger partial charge >= 0.3 is 5.69 Å². The summed E-state index contributed by atoms with van der Waals surface area (Å²) in [6, 6.07) is 2.85. The molecular weight excluding hydrogens is 238 g/mol. The van der Waals surface area contributed by atoms with Crippen molar-refractivity contribution in [3.05, 3.63) is 22.2 Å². The second kappa shape index (κ2) is 4.86. The molecule has 18 heavy (non-hydrogen) atoms. The Hall–Kier alpha value is -2.38. The highest BCUT2D eigenvalue weighted by Gasteiger charge is 2.23. The topological polar surface area (TPSA) is 123 Å². The highest BCUT2D eigenvalue weighted by molar-refractivity contribution is 5.81. The average Bonchev–Trinajstić information content (AvgIpc) is 3.10. The second-order valence-corrected chi connectivity index (χ2v) is 4.06. The maximum Gasteiger partial charge on any atom is 0.311 e. The van der Waals surface area contributed by atoms with Crippen molar-refractivity contribution in [2.24, 2.45) is 0 Å². The highest BCUT2D eigenvalue weighted by Crippen LogP contribution is 2.22. The third kappa shape index (κ3) is 3.06. The Kier molecular flexibility index (Phi) is 3.26. The molecule has 1 heterocycles. The van der Waals surface area contributed by atoms with Gasteiger partial charge in [-0.3, -0.25) is 14.9 Å². The number of aromatic nitrogens is 1. The van der Waals surface area contributed by atoms with Gasteiger partial charge in [-0.1, -0.05) is 0 Å². The van der Waals surface area contributed by atoms with Gasteiger partial charge in [-0.2, -0.15) is 0 Å². The van der Waals surface area contributed by atoms with Gasteiger partial charge in [0.15, 0.2) is 0 Å². The first-order valence-electron chi connectivity index (χ1n) is 5.50.